The molecule has 7 heteroatoms. The maximum atomic E-state index is 11.6. The number of aliphatic carboxylic acids is 1. The number of carboxylic acids is 1. The van der Waals surface area contributed by atoms with E-state index in [0.717, 1.165) is 11.8 Å². The van der Waals surface area contributed by atoms with Gasteiger partial charge in [-0.2, -0.15) is 0 Å². The molecule has 0 heterocycles. The van der Waals surface area contributed by atoms with Crippen LogP contribution < -0.4 is 5.32 Å². The third-order valence-corrected chi connectivity index (χ3v) is 4.39. The first-order valence-electron chi connectivity index (χ1n) is 6.08. The molecule has 0 aromatic heterocycles. The lowest BCUT2D eigenvalue weighted by molar-refractivity contribution is -0.140. The van der Waals surface area contributed by atoms with Crippen LogP contribution in [0.4, 0.5) is 0 Å². The number of carbonyl (C=O) groups is 2. The molecule has 6 nitrogen and oxygen atoms in total. The standard InChI is InChI=1S/C13H15NO5S/c1-20(18,19)9-4-2-8(3-5-9)7-14-12(15)10-6-11(10)13(16)17/h2-5,10-11H,6-7H2,1H3,(H,14,15)(H,16,17)/t10-,11-/m1/s1. The normalized spacial score (nSPS) is 21.2. The third kappa shape index (κ3) is 3.36. The van der Waals surface area contributed by atoms with Gasteiger partial charge in [-0.1, -0.05) is 12.1 Å². The van der Waals surface area contributed by atoms with Crippen molar-refractivity contribution in [3.05, 3.63) is 29.8 Å². The van der Waals surface area contributed by atoms with Gasteiger partial charge in [0, 0.05) is 12.8 Å². The van der Waals surface area contributed by atoms with E-state index in [1.54, 1.807) is 12.1 Å². The van der Waals surface area contributed by atoms with Crippen LogP contribution in [0.15, 0.2) is 29.2 Å². The van der Waals surface area contributed by atoms with Crippen molar-refractivity contribution in [1.29, 1.82) is 0 Å². The number of benzene rings is 1. The lowest BCUT2D eigenvalue weighted by atomic mass is 10.2. The molecular formula is C13H15NO5S. The van der Waals surface area contributed by atoms with Crippen LogP contribution in [0.25, 0.3) is 0 Å². The number of hydrogen-bond acceptors (Lipinski definition) is 4. The summed E-state index contributed by atoms with van der Waals surface area (Å²) >= 11 is 0. The fourth-order valence-corrected chi connectivity index (χ4v) is 2.56. The second-order valence-corrected chi connectivity index (χ2v) is 6.94. The highest BCUT2D eigenvalue weighted by Gasteiger charge is 2.48. The summed E-state index contributed by atoms with van der Waals surface area (Å²) in [7, 11) is -3.22. The SMILES string of the molecule is CS(=O)(=O)c1ccc(CNC(=O)[C@@H]2C[C@H]2C(=O)O)cc1. The Labute approximate surface area is 116 Å². The first kappa shape index (κ1) is 14.5. The molecule has 0 radical (unpaired) electrons. The summed E-state index contributed by atoms with van der Waals surface area (Å²) in [6.45, 7) is 0.256. The van der Waals surface area contributed by atoms with Crippen molar-refractivity contribution in [3.8, 4) is 0 Å². The molecule has 1 aromatic carbocycles. The van der Waals surface area contributed by atoms with Crippen molar-refractivity contribution in [2.24, 2.45) is 11.8 Å². The molecule has 0 bridgehead atoms. The molecule has 0 saturated heterocycles. The van der Waals surface area contributed by atoms with Gasteiger partial charge in [-0.25, -0.2) is 8.42 Å². The van der Waals surface area contributed by atoms with Crippen LogP contribution in [-0.2, 0) is 26.0 Å². The Morgan fingerprint density at radius 1 is 1.25 bits per heavy atom. The second kappa shape index (κ2) is 5.24. The highest BCUT2D eigenvalue weighted by molar-refractivity contribution is 7.90. The van der Waals surface area contributed by atoms with Crippen molar-refractivity contribution in [2.45, 2.75) is 17.9 Å². The highest BCUT2D eigenvalue weighted by atomic mass is 32.2. The zero-order chi connectivity index (χ0) is 14.9. The Morgan fingerprint density at radius 3 is 2.30 bits per heavy atom. The molecule has 0 spiro atoms. The second-order valence-electron chi connectivity index (χ2n) is 4.92. The number of amides is 1. The van der Waals surface area contributed by atoms with Crippen molar-refractivity contribution in [2.75, 3.05) is 6.26 Å². The molecule has 1 saturated carbocycles. The number of rotatable bonds is 5. The predicted molar refractivity (Wildman–Crippen MR) is 70.6 cm³/mol. The number of nitrogens with one attached hydrogen (secondary N) is 1. The van der Waals surface area contributed by atoms with E-state index in [4.69, 9.17) is 5.11 Å². The molecule has 2 rings (SSSR count). The molecule has 1 aromatic rings. The lowest BCUT2D eigenvalue weighted by Crippen LogP contribution is -2.25. The van der Waals surface area contributed by atoms with Crippen LogP contribution in [-0.4, -0.2) is 31.7 Å². The van der Waals surface area contributed by atoms with E-state index in [0.29, 0.717) is 6.42 Å². The summed E-state index contributed by atoms with van der Waals surface area (Å²) in [4.78, 5) is 22.5. The van der Waals surface area contributed by atoms with Crippen molar-refractivity contribution in [1.82, 2.24) is 5.32 Å². The average Bonchev–Trinajstić information content (AvgIpc) is 3.15. The van der Waals surface area contributed by atoms with E-state index in [9.17, 15) is 18.0 Å². The molecule has 20 heavy (non-hydrogen) atoms. The largest absolute Gasteiger partial charge is 0.481 e. The van der Waals surface area contributed by atoms with Crippen molar-refractivity contribution < 1.29 is 23.1 Å². The molecule has 1 amide bonds. The third-order valence-electron chi connectivity index (χ3n) is 3.26. The monoisotopic (exact) mass is 297 g/mol. The minimum absolute atomic E-state index is 0.223. The van der Waals surface area contributed by atoms with Crippen LogP contribution in [0.5, 0.6) is 0 Å². The fraction of sp³-hybridized carbons (Fsp3) is 0.385. The summed E-state index contributed by atoms with van der Waals surface area (Å²) in [5.41, 5.74) is 0.762. The van der Waals surface area contributed by atoms with Crippen molar-refractivity contribution >= 4 is 21.7 Å². The van der Waals surface area contributed by atoms with Gasteiger partial charge in [0.25, 0.3) is 0 Å². The first-order valence-corrected chi connectivity index (χ1v) is 7.97. The average molecular weight is 297 g/mol. The lowest BCUT2D eigenvalue weighted by Gasteiger charge is -2.05. The van der Waals surface area contributed by atoms with Gasteiger partial charge in [0.05, 0.1) is 16.7 Å². The zero-order valence-corrected chi connectivity index (χ0v) is 11.7. The molecule has 1 fully saturated rings. The van der Waals surface area contributed by atoms with Gasteiger partial charge in [0.1, 0.15) is 0 Å². The minimum atomic E-state index is -3.22. The maximum Gasteiger partial charge on any atom is 0.307 e. The number of carbonyl (C=O) groups excluding carboxylic acids is 1. The molecule has 1 aliphatic carbocycles. The maximum absolute atomic E-state index is 11.6. The predicted octanol–water partition coefficient (Wildman–Crippen LogP) is 0.427. The molecule has 0 unspecified atom stereocenters. The number of hydrogen-bond donors (Lipinski definition) is 2. The van der Waals surface area contributed by atoms with Gasteiger partial charge in [-0.15, -0.1) is 0 Å². The van der Waals surface area contributed by atoms with E-state index in [-0.39, 0.29) is 17.3 Å². The highest BCUT2D eigenvalue weighted by Crippen LogP contribution is 2.38. The fourth-order valence-electron chi connectivity index (χ4n) is 1.93. The van der Waals surface area contributed by atoms with Crippen LogP contribution in [0.2, 0.25) is 0 Å². The van der Waals surface area contributed by atoms with Gasteiger partial charge in [0.2, 0.25) is 5.91 Å². The summed E-state index contributed by atoms with van der Waals surface area (Å²) in [6, 6.07) is 6.21. The Bertz CT molecular complexity index is 635. The van der Waals surface area contributed by atoms with Crippen LogP contribution in [0.1, 0.15) is 12.0 Å². The Kier molecular flexibility index (Phi) is 3.80. The van der Waals surface area contributed by atoms with Gasteiger partial charge < -0.3 is 10.4 Å². The summed E-state index contributed by atoms with van der Waals surface area (Å²) in [6.07, 6.45) is 1.51. The molecule has 1 aliphatic rings. The summed E-state index contributed by atoms with van der Waals surface area (Å²) < 4.78 is 22.6. The Balaban J connectivity index is 1.89. The molecule has 0 aliphatic heterocycles. The van der Waals surface area contributed by atoms with E-state index >= 15 is 0 Å². The van der Waals surface area contributed by atoms with E-state index < -0.39 is 27.6 Å². The molecule has 108 valence electrons. The van der Waals surface area contributed by atoms with Gasteiger partial charge >= 0.3 is 5.97 Å². The van der Waals surface area contributed by atoms with E-state index in [2.05, 4.69) is 5.32 Å². The molecular weight excluding hydrogens is 282 g/mol. The first-order chi connectivity index (χ1) is 9.29. The van der Waals surface area contributed by atoms with Crippen molar-refractivity contribution in [3.63, 3.8) is 0 Å². The smallest absolute Gasteiger partial charge is 0.307 e. The van der Waals surface area contributed by atoms with Gasteiger partial charge in [0.15, 0.2) is 9.84 Å². The van der Waals surface area contributed by atoms with Crippen LogP contribution in [0, 0.1) is 11.8 Å². The number of carboxylic acid groups (broad SMARTS) is 1. The molecule has 2 atom stereocenters. The quantitative estimate of drug-likeness (QED) is 0.820. The minimum Gasteiger partial charge on any atom is -0.481 e. The summed E-state index contributed by atoms with van der Waals surface area (Å²) in [5, 5.41) is 11.4. The topological polar surface area (TPSA) is 101 Å². The van der Waals surface area contributed by atoms with Crippen LogP contribution >= 0.6 is 0 Å². The van der Waals surface area contributed by atoms with E-state index in [1.165, 1.54) is 12.1 Å². The Morgan fingerprint density at radius 2 is 1.85 bits per heavy atom. The summed E-state index contributed by atoms with van der Waals surface area (Å²) in [5.74, 6) is -2.22. The van der Waals surface area contributed by atoms with Crippen LogP contribution in [0.3, 0.4) is 0 Å². The van der Waals surface area contributed by atoms with E-state index in [1.807, 2.05) is 0 Å². The van der Waals surface area contributed by atoms with Gasteiger partial charge in [-0.05, 0) is 24.1 Å². The Hall–Kier alpha value is -1.89. The number of sulfone groups is 1. The molecule has 2 N–H and O–H groups in total. The van der Waals surface area contributed by atoms with Gasteiger partial charge in [-0.3, -0.25) is 9.59 Å². The zero-order valence-electron chi connectivity index (χ0n) is 10.9.